The molecule has 0 spiro atoms. The van der Waals surface area contributed by atoms with Crippen molar-refractivity contribution in [3.63, 3.8) is 0 Å². The average molecular weight is 208 g/mol. The molecule has 0 fully saturated rings. The Labute approximate surface area is 121 Å². The Morgan fingerprint density at radius 3 is 1.54 bits per heavy atom. The number of hydrogen-bond donors (Lipinski definition) is 2. The largest absolute Gasteiger partial charge is 1.00 e. The molecule has 0 aromatic rings. The topological polar surface area (TPSA) is 118 Å². The maximum atomic E-state index is 9.43. The molecule has 0 aromatic heterocycles. The predicted octanol–water partition coefficient (Wildman–Crippen LogP) is -10.3. The van der Waals surface area contributed by atoms with Gasteiger partial charge < -0.3 is 30.9 Å². The fraction of sp³-hybridized carbons (Fsp3) is 0.600. The predicted molar refractivity (Wildman–Crippen MR) is 33.0 cm³/mol. The van der Waals surface area contributed by atoms with E-state index in [4.69, 9.17) is 9.90 Å². The second kappa shape index (κ2) is 18.6. The van der Waals surface area contributed by atoms with Gasteiger partial charge in [-0.15, -0.1) is 0 Å². The number of aliphatic carboxylic acids is 2. The number of carboxylic acid groups (broad SMARTS) is 2. The Bertz CT molecular complexity index is 134. The summed E-state index contributed by atoms with van der Waals surface area (Å²) in [7, 11) is 1.55. The summed E-state index contributed by atoms with van der Waals surface area (Å²) in [5, 5.41) is 21.0. The minimum Gasteiger partial charge on any atom is -0.549 e. The van der Waals surface area contributed by atoms with Gasteiger partial charge in [0.1, 0.15) is 0 Å². The van der Waals surface area contributed by atoms with Crippen molar-refractivity contribution < 1.29 is 78.9 Å². The standard InChI is InChI=1S/C3H7NO2.C2H5NO2.2Na/c1-4-2-3(5)6;3-1-2(4)5;;/h4H,2H2,1H3,(H,5,6);1,3H2,(H,4,5);;/q;;2*+1/p-2. The van der Waals surface area contributed by atoms with E-state index in [1.54, 1.807) is 7.05 Å². The van der Waals surface area contributed by atoms with Crippen molar-refractivity contribution in [1.29, 1.82) is 0 Å². The van der Waals surface area contributed by atoms with E-state index >= 15 is 0 Å². The van der Waals surface area contributed by atoms with Crippen molar-refractivity contribution in [3.8, 4) is 0 Å². The van der Waals surface area contributed by atoms with Gasteiger partial charge in [0.25, 0.3) is 0 Å². The molecule has 8 heteroatoms. The van der Waals surface area contributed by atoms with Crippen molar-refractivity contribution in [2.75, 3.05) is 20.1 Å². The summed E-state index contributed by atoms with van der Waals surface area (Å²) in [6.07, 6.45) is 0. The van der Waals surface area contributed by atoms with Crippen molar-refractivity contribution in [2.45, 2.75) is 0 Å². The molecule has 0 aliphatic rings. The molecular weight excluding hydrogens is 198 g/mol. The van der Waals surface area contributed by atoms with Gasteiger partial charge in [0, 0.05) is 13.1 Å². The van der Waals surface area contributed by atoms with Gasteiger partial charge in [-0.25, -0.2) is 0 Å². The number of carboxylic acids is 2. The first-order valence-corrected chi connectivity index (χ1v) is 2.79. The van der Waals surface area contributed by atoms with E-state index in [1.807, 2.05) is 0 Å². The van der Waals surface area contributed by atoms with Crippen LogP contribution in [0.2, 0.25) is 0 Å². The number of carbonyl (C=O) groups excluding carboxylic acids is 2. The Morgan fingerprint density at radius 2 is 1.54 bits per heavy atom. The van der Waals surface area contributed by atoms with E-state index in [-0.39, 0.29) is 72.2 Å². The summed E-state index contributed by atoms with van der Waals surface area (Å²) in [6, 6.07) is 0. The van der Waals surface area contributed by atoms with Gasteiger partial charge in [-0.3, -0.25) is 0 Å². The molecule has 0 radical (unpaired) electrons. The van der Waals surface area contributed by atoms with Gasteiger partial charge >= 0.3 is 59.1 Å². The molecule has 0 unspecified atom stereocenters. The molecule has 6 nitrogen and oxygen atoms in total. The van der Waals surface area contributed by atoms with Crippen molar-refractivity contribution in [3.05, 3.63) is 0 Å². The summed E-state index contributed by atoms with van der Waals surface area (Å²) in [6.45, 7) is -0.458. The third-order valence-corrected chi connectivity index (χ3v) is 0.488. The van der Waals surface area contributed by atoms with Crippen LogP contribution < -0.4 is 80.4 Å². The van der Waals surface area contributed by atoms with Gasteiger partial charge in [-0.1, -0.05) is 0 Å². The molecule has 0 amide bonds. The molecule has 0 heterocycles. The Morgan fingerprint density at radius 1 is 1.23 bits per heavy atom. The van der Waals surface area contributed by atoms with E-state index < -0.39 is 11.9 Å². The van der Waals surface area contributed by atoms with E-state index in [0.29, 0.717) is 0 Å². The zero-order chi connectivity index (χ0) is 9.28. The molecule has 0 atom stereocenters. The van der Waals surface area contributed by atoms with Crippen LogP contribution in [-0.2, 0) is 9.59 Å². The Balaban J connectivity index is -0.0000000546. The minimum absolute atomic E-state index is 0. The quantitative estimate of drug-likeness (QED) is 0.444. The number of likely N-dealkylation sites (N-methyl/N-ethyl adjacent to an activating group) is 1. The summed E-state index contributed by atoms with van der Waals surface area (Å²) >= 11 is 0. The number of rotatable bonds is 3. The molecule has 0 aliphatic heterocycles. The maximum absolute atomic E-state index is 9.43. The monoisotopic (exact) mass is 208 g/mol. The maximum Gasteiger partial charge on any atom is 1.00 e. The van der Waals surface area contributed by atoms with Crippen molar-refractivity contribution >= 4 is 11.9 Å². The molecule has 0 rings (SSSR count). The molecule has 3 N–H and O–H groups in total. The van der Waals surface area contributed by atoms with Gasteiger partial charge in [0.05, 0.1) is 11.9 Å². The molecule has 0 bridgehead atoms. The smallest absolute Gasteiger partial charge is 0.549 e. The number of hydrogen-bond acceptors (Lipinski definition) is 6. The van der Waals surface area contributed by atoms with Crippen LogP contribution in [0.25, 0.3) is 0 Å². The van der Waals surface area contributed by atoms with Crippen LogP contribution in [0.4, 0.5) is 0 Å². The normalized spacial score (nSPS) is 6.62. The average Bonchev–Trinajstić information content (AvgIpc) is 1.89. The fourth-order valence-electron chi connectivity index (χ4n) is 0.144. The van der Waals surface area contributed by atoms with Gasteiger partial charge in [-0.05, 0) is 7.05 Å². The summed E-state index contributed by atoms with van der Waals surface area (Å²) in [5.74, 6) is -2.29. The second-order valence-electron chi connectivity index (χ2n) is 1.48. The fourth-order valence-corrected chi connectivity index (χ4v) is 0.144. The molecule has 66 valence electrons. The van der Waals surface area contributed by atoms with Gasteiger partial charge in [0.2, 0.25) is 0 Å². The number of nitrogens with one attached hydrogen (secondary N) is 1. The van der Waals surface area contributed by atoms with E-state index in [2.05, 4.69) is 11.1 Å². The third-order valence-electron chi connectivity index (χ3n) is 0.488. The zero-order valence-electron chi connectivity index (χ0n) is 8.12. The summed E-state index contributed by atoms with van der Waals surface area (Å²) in [4.78, 5) is 18.6. The first-order valence-electron chi connectivity index (χ1n) is 2.79. The van der Waals surface area contributed by atoms with Crippen LogP contribution in [0.5, 0.6) is 0 Å². The van der Waals surface area contributed by atoms with Crippen molar-refractivity contribution in [2.24, 2.45) is 5.73 Å². The summed E-state index contributed by atoms with van der Waals surface area (Å²) in [5.41, 5.74) is 4.51. The first kappa shape index (κ1) is 23.6. The van der Waals surface area contributed by atoms with Crippen LogP contribution in [0, 0.1) is 0 Å². The van der Waals surface area contributed by atoms with Crippen LogP contribution in [-0.4, -0.2) is 32.1 Å². The van der Waals surface area contributed by atoms with Gasteiger partial charge in [-0.2, -0.15) is 0 Å². The third kappa shape index (κ3) is 44.2. The molecule has 13 heavy (non-hydrogen) atoms. The molecule has 0 saturated carbocycles. The Kier molecular flexibility index (Phi) is 33.7. The van der Waals surface area contributed by atoms with E-state index in [1.165, 1.54) is 0 Å². The van der Waals surface area contributed by atoms with Crippen LogP contribution in [0.15, 0.2) is 0 Å². The van der Waals surface area contributed by atoms with Crippen LogP contribution >= 0.6 is 0 Å². The first-order chi connectivity index (χ1) is 5.04. The van der Waals surface area contributed by atoms with Crippen molar-refractivity contribution in [1.82, 2.24) is 5.32 Å². The SMILES string of the molecule is CNCC(=O)[O-].NCC(=O)[O-].[Na+].[Na+]. The zero-order valence-corrected chi connectivity index (χ0v) is 12.1. The second-order valence-corrected chi connectivity index (χ2v) is 1.48. The summed E-state index contributed by atoms with van der Waals surface area (Å²) < 4.78 is 0. The molecule has 0 aromatic carbocycles. The Hall–Kier alpha value is 0.860. The van der Waals surface area contributed by atoms with Crippen LogP contribution in [0.3, 0.4) is 0 Å². The molecule has 0 saturated heterocycles. The molecular formula is C5H10N2Na2O4. The van der Waals surface area contributed by atoms with Gasteiger partial charge in [0.15, 0.2) is 0 Å². The number of nitrogens with two attached hydrogens (primary N) is 1. The molecule has 0 aliphatic carbocycles. The number of carbonyl (C=O) groups is 2. The van der Waals surface area contributed by atoms with E-state index in [9.17, 15) is 9.90 Å². The van der Waals surface area contributed by atoms with Crippen LogP contribution in [0.1, 0.15) is 0 Å². The van der Waals surface area contributed by atoms with E-state index in [0.717, 1.165) is 0 Å². The minimum atomic E-state index is -1.22.